The molecule has 3 heterocycles. The van der Waals surface area contributed by atoms with Gasteiger partial charge in [-0.1, -0.05) is 17.3 Å². The van der Waals surface area contributed by atoms with Crippen LogP contribution in [0.15, 0.2) is 36.7 Å². The molecule has 2 fully saturated rings. The van der Waals surface area contributed by atoms with Gasteiger partial charge in [0.1, 0.15) is 0 Å². The Morgan fingerprint density at radius 3 is 2.96 bits per heavy atom. The SMILES string of the molecule is Cc1c(C(=O)N2CC3CCC2C3)nnn1-c1cccc2cnccc12. The second-order valence-electron chi connectivity index (χ2n) is 7.10. The Morgan fingerprint density at radius 1 is 1.24 bits per heavy atom. The molecule has 2 aliphatic rings. The van der Waals surface area contributed by atoms with Gasteiger partial charge in [0.25, 0.3) is 5.91 Å². The Morgan fingerprint density at radius 2 is 2.16 bits per heavy atom. The van der Waals surface area contributed by atoms with Crippen LogP contribution in [0.3, 0.4) is 0 Å². The molecular formula is C19H19N5O. The molecule has 5 rings (SSSR count). The molecule has 6 nitrogen and oxygen atoms in total. The van der Waals surface area contributed by atoms with Crippen molar-refractivity contribution in [3.8, 4) is 5.69 Å². The van der Waals surface area contributed by atoms with Gasteiger partial charge in [0.05, 0.1) is 11.4 Å². The highest BCUT2D eigenvalue weighted by Gasteiger charge is 2.41. The summed E-state index contributed by atoms with van der Waals surface area (Å²) in [6.07, 6.45) is 7.13. The normalized spacial score (nSPS) is 22.0. The number of nitrogens with zero attached hydrogens (tertiary/aromatic N) is 5. The number of likely N-dealkylation sites (tertiary alicyclic amines) is 1. The highest BCUT2D eigenvalue weighted by atomic mass is 16.2. The maximum absolute atomic E-state index is 13.0. The predicted octanol–water partition coefficient (Wildman–Crippen LogP) is 2.75. The minimum atomic E-state index is 0.0258. The van der Waals surface area contributed by atoms with Gasteiger partial charge in [0.2, 0.25) is 0 Å². The zero-order chi connectivity index (χ0) is 17.0. The topological polar surface area (TPSA) is 63.9 Å². The molecule has 3 aromatic rings. The highest BCUT2D eigenvalue weighted by Crippen LogP contribution is 2.38. The van der Waals surface area contributed by atoms with E-state index in [0.717, 1.165) is 41.5 Å². The lowest BCUT2D eigenvalue weighted by atomic mass is 10.1. The summed E-state index contributed by atoms with van der Waals surface area (Å²) in [7, 11) is 0. The third kappa shape index (κ3) is 2.17. The van der Waals surface area contributed by atoms with E-state index in [4.69, 9.17) is 0 Å². The van der Waals surface area contributed by atoms with Crippen molar-refractivity contribution >= 4 is 16.7 Å². The van der Waals surface area contributed by atoms with Gasteiger partial charge in [-0.2, -0.15) is 0 Å². The molecule has 1 saturated heterocycles. The van der Waals surface area contributed by atoms with Crippen molar-refractivity contribution < 1.29 is 4.79 Å². The second-order valence-corrected chi connectivity index (χ2v) is 7.10. The Labute approximate surface area is 145 Å². The van der Waals surface area contributed by atoms with E-state index in [0.29, 0.717) is 17.7 Å². The van der Waals surface area contributed by atoms with Crippen molar-refractivity contribution in [2.45, 2.75) is 32.2 Å². The number of amides is 1. The number of rotatable bonds is 2. The number of piperidine rings is 1. The van der Waals surface area contributed by atoms with Crippen molar-refractivity contribution in [3.63, 3.8) is 0 Å². The molecule has 2 atom stereocenters. The van der Waals surface area contributed by atoms with Crippen molar-refractivity contribution in [3.05, 3.63) is 48.0 Å². The molecule has 2 aromatic heterocycles. The van der Waals surface area contributed by atoms with Crippen molar-refractivity contribution in [1.82, 2.24) is 24.9 Å². The van der Waals surface area contributed by atoms with Gasteiger partial charge in [-0.3, -0.25) is 9.78 Å². The molecule has 2 bridgehead atoms. The van der Waals surface area contributed by atoms with Gasteiger partial charge < -0.3 is 4.90 Å². The predicted molar refractivity (Wildman–Crippen MR) is 93.6 cm³/mol. The van der Waals surface area contributed by atoms with E-state index in [-0.39, 0.29) is 5.91 Å². The maximum Gasteiger partial charge on any atom is 0.276 e. The number of carbonyl (C=O) groups excluding carboxylic acids is 1. The van der Waals surface area contributed by atoms with Crippen LogP contribution in [0.5, 0.6) is 0 Å². The van der Waals surface area contributed by atoms with E-state index in [1.54, 1.807) is 10.9 Å². The first kappa shape index (κ1) is 14.6. The number of fused-ring (bicyclic) bond motifs is 3. The van der Waals surface area contributed by atoms with Crippen LogP contribution in [0, 0.1) is 12.8 Å². The summed E-state index contributed by atoms with van der Waals surface area (Å²) < 4.78 is 1.77. The summed E-state index contributed by atoms with van der Waals surface area (Å²) in [6.45, 7) is 2.79. The van der Waals surface area contributed by atoms with Crippen molar-refractivity contribution in [2.24, 2.45) is 5.92 Å². The standard InChI is InChI=1S/C19H19N5O/c1-12-18(19(25)23-11-13-5-6-15(23)9-13)21-22-24(12)17-4-2-3-14-10-20-8-7-16(14)17/h2-4,7-8,10,13,15H,5-6,9,11H2,1H3. The van der Waals surface area contributed by atoms with E-state index >= 15 is 0 Å². The fourth-order valence-corrected chi connectivity index (χ4v) is 4.36. The number of pyridine rings is 1. The Kier molecular flexibility index (Phi) is 3.13. The summed E-state index contributed by atoms with van der Waals surface area (Å²) >= 11 is 0. The molecule has 1 amide bonds. The van der Waals surface area contributed by atoms with Crippen molar-refractivity contribution in [2.75, 3.05) is 6.54 Å². The van der Waals surface area contributed by atoms with Gasteiger partial charge in [0, 0.05) is 35.8 Å². The molecule has 1 aliphatic heterocycles. The molecule has 2 unspecified atom stereocenters. The Hall–Kier alpha value is -2.76. The third-order valence-electron chi connectivity index (χ3n) is 5.65. The smallest absolute Gasteiger partial charge is 0.276 e. The summed E-state index contributed by atoms with van der Waals surface area (Å²) in [6, 6.07) is 8.35. The lowest BCUT2D eigenvalue weighted by Crippen LogP contribution is -2.38. The average Bonchev–Trinajstić information content (AvgIpc) is 3.36. The number of aromatic nitrogens is 4. The van der Waals surface area contributed by atoms with E-state index in [1.165, 1.54) is 6.42 Å². The van der Waals surface area contributed by atoms with Crippen LogP contribution in [0.1, 0.15) is 35.4 Å². The summed E-state index contributed by atoms with van der Waals surface area (Å²) in [4.78, 5) is 19.1. The Bertz CT molecular complexity index is 974. The Balaban J connectivity index is 1.55. The molecule has 0 N–H and O–H groups in total. The molecule has 0 radical (unpaired) electrons. The van der Waals surface area contributed by atoms with Gasteiger partial charge in [0.15, 0.2) is 5.69 Å². The first-order chi connectivity index (χ1) is 12.2. The maximum atomic E-state index is 13.0. The second kappa shape index (κ2) is 5.37. The molecular weight excluding hydrogens is 314 g/mol. The van der Waals surface area contributed by atoms with Gasteiger partial charge in [-0.15, -0.1) is 5.10 Å². The highest BCUT2D eigenvalue weighted by molar-refractivity contribution is 5.94. The number of hydrogen-bond acceptors (Lipinski definition) is 4. The molecule has 6 heteroatoms. The first-order valence-electron chi connectivity index (χ1n) is 8.79. The molecule has 1 aliphatic carbocycles. The lowest BCUT2D eigenvalue weighted by Gasteiger charge is -2.26. The zero-order valence-corrected chi connectivity index (χ0v) is 14.1. The number of carbonyl (C=O) groups is 1. The molecule has 1 saturated carbocycles. The van der Waals surface area contributed by atoms with Crippen molar-refractivity contribution in [1.29, 1.82) is 0 Å². The first-order valence-corrected chi connectivity index (χ1v) is 8.79. The molecule has 126 valence electrons. The lowest BCUT2D eigenvalue weighted by molar-refractivity contribution is 0.0696. The van der Waals surface area contributed by atoms with E-state index in [1.807, 2.05) is 42.3 Å². The molecule has 1 aromatic carbocycles. The summed E-state index contributed by atoms with van der Waals surface area (Å²) in [5, 5.41) is 10.6. The quantitative estimate of drug-likeness (QED) is 0.723. The van der Waals surface area contributed by atoms with Crippen LogP contribution < -0.4 is 0 Å². The minimum Gasteiger partial charge on any atom is -0.334 e. The zero-order valence-electron chi connectivity index (χ0n) is 14.1. The minimum absolute atomic E-state index is 0.0258. The third-order valence-corrected chi connectivity index (χ3v) is 5.65. The van der Waals surface area contributed by atoms with Crippen LogP contribution in [0.25, 0.3) is 16.5 Å². The summed E-state index contributed by atoms with van der Waals surface area (Å²) in [5.74, 6) is 0.702. The van der Waals surface area contributed by atoms with Gasteiger partial charge in [-0.05, 0) is 44.2 Å². The van der Waals surface area contributed by atoms with Crippen LogP contribution in [0.2, 0.25) is 0 Å². The van der Waals surface area contributed by atoms with Crippen LogP contribution in [-0.2, 0) is 0 Å². The van der Waals surface area contributed by atoms with E-state index < -0.39 is 0 Å². The number of benzene rings is 1. The largest absolute Gasteiger partial charge is 0.334 e. The monoisotopic (exact) mass is 333 g/mol. The van der Waals surface area contributed by atoms with Crippen LogP contribution >= 0.6 is 0 Å². The van der Waals surface area contributed by atoms with Crippen LogP contribution in [0.4, 0.5) is 0 Å². The average molecular weight is 333 g/mol. The van der Waals surface area contributed by atoms with E-state index in [9.17, 15) is 4.79 Å². The van der Waals surface area contributed by atoms with Crippen LogP contribution in [-0.4, -0.2) is 43.4 Å². The molecule has 25 heavy (non-hydrogen) atoms. The fraction of sp³-hybridized carbons (Fsp3) is 0.368. The summed E-state index contributed by atoms with van der Waals surface area (Å²) in [5.41, 5.74) is 2.18. The van der Waals surface area contributed by atoms with Gasteiger partial charge in [-0.25, -0.2) is 4.68 Å². The number of hydrogen-bond donors (Lipinski definition) is 0. The van der Waals surface area contributed by atoms with E-state index in [2.05, 4.69) is 15.3 Å². The molecule has 0 spiro atoms. The fourth-order valence-electron chi connectivity index (χ4n) is 4.36. The van der Waals surface area contributed by atoms with Gasteiger partial charge >= 0.3 is 0 Å².